The van der Waals surface area contributed by atoms with Crippen molar-refractivity contribution in [3.63, 3.8) is 0 Å². The van der Waals surface area contributed by atoms with Gasteiger partial charge in [0.25, 0.3) is 0 Å². The monoisotopic (exact) mass is 226 g/mol. The van der Waals surface area contributed by atoms with Crippen LogP contribution < -0.4 is 5.32 Å². The van der Waals surface area contributed by atoms with Crippen LogP contribution in [-0.2, 0) is 6.42 Å². The number of anilines is 1. The summed E-state index contributed by atoms with van der Waals surface area (Å²) in [4.78, 5) is 8.41. The van der Waals surface area contributed by atoms with Gasteiger partial charge in [-0.15, -0.1) is 11.3 Å². The zero-order valence-corrected chi connectivity index (χ0v) is 9.36. The van der Waals surface area contributed by atoms with E-state index in [1.807, 2.05) is 6.92 Å². The van der Waals surface area contributed by atoms with E-state index >= 15 is 0 Å². The molecule has 14 heavy (non-hydrogen) atoms. The first-order valence-corrected chi connectivity index (χ1v) is 5.91. The predicted molar refractivity (Wildman–Crippen MR) is 59.0 cm³/mol. The van der Waals surface area contributed by atoms with Crippen molar-refractivity contribution in [3.05, 3.63) is 22.4 Å². The topological polar surface area (TPSA) is 50.7 Å². The Kier molecular flexibility index (Phi) is 3.05. The maximum absolute atomic E-state index is 4.38. The van der Waals surface area contributed by atoms with Crippen LogP contribution in [0.1, 0.15) is 10.7 Å². The largest absolute Gasteiger partial charge is 0.360 e. The third kappa shape index (κ3) is 2.49. The van der Waals surface area contributed by atoms with Gasteiger partial charge in [-0.3, -0.25) is 0 Å². The molecule has 0 bridgehead atoms. The number of hydrogen-bond acceptors (Lipinski definition) is 6. The summed E-state index contributed by atoms with van der Waals surface area (Å²) in [5, 5.41) is 7.28. The number of nitrogens with zero attached hydrogens (tertiary/aromatic N) is 3. The lowest BCUT2D eigenvalue weighted by atomic mass is 10.3. The number of aromatic nitrogens is 3. The van der Waals surface area contributed by atoms with Gasteiger partial charge in [0.05, 0.1) is 10.7 Å². The third-order valence-corrected chi connectivity index (χ3v) is 3.13. The summed E-state index contributed by atoms with van der Waals surface area (Å²) in [6, 6.07) is 0. The third-order valence-electron chi connectivity index (χ3n) is 1.69. The highest BCUT2D eigenvalue weighted by atomic mass is 32.1. The van der Waals surface area contributed by atoms with Gasteiger partial charge in [0.2, 0.25) is 5.13 Å². The summed E-state index contributed by atoms with van der Waals surface area (Å²) in [6.45, 7) is 2.88. The second kappa shape index (κ2) is 4.47. The van der Waals surface area contributed by atoms with Gasteiger partial charge in [-0.2, -0.15) is 4.37 Å². The molecular weight excluding hydrogens is 216 g/mol. The van der Waals surface area contributed by atoms with Crippen molar-refractivity contribution in [2.45, 2.75) is 13.3 Å². The van der Waals surface area contributed by atoms with Crippen LogP contribution in [0.2, 0.25) is 0 Å². The minimum atomic E-state index is 0.859. The van der Waals surface area contributed by atoms with Crippen LogP contribution in [0, 0.1) is 6.92 Å². The zero-order valence-electron chi connectivity index (χ0n) is 7.73. The Balaban J connectivity index is 1.78. The van der Waals surface area contributed by atoms with Crippen LogP contribution in [0.15, 0.2) is 11.7 Å². The molecule has 0 aromatic carbocycles. The van der Waals surface area contributed by atoms with Crippen LogP contribution >= 0.6 is 22.9 Å². The van der Waals surface area contributed by atoms with E-state index in [0.29, 0.717) is 0 Å². The van der Waals surface area contributed by atoms with Gasteiger partial charge >= 0.3 is 0 Å². The van der Waals surface area contributed by atoms with Gasteiger partial charge in [-0.1, -0.05) is 0 Å². The van der Waals surface area contributed by atoms with Crippen molar-refractivity contribution in [1.82, 2.24) is 14.3 Å². The molecule has 0 saturated heterocycles. The maximum atomic E-state index is 4.38. The Morgan fingerprint density at radius 1 is 1.50 bits per heavy atom. The van der Waals surface area contributed by atoms with Gasteiger partial charge in [-0.05, 0) is 6.92 Å². The molecule has 0 aliphatic heterocycles. The Bertz CT molecular complexity index is 382. The van der Waals surface area contributed by atoms with E-state index in [1.54, 1.807) is 17.7 Å². The number of aryl methyl sites for hydroxylation is 1. The van der Waals surface area contributed by atoms with Gasteiger partial charge in [0, 0.05) is 29.9 Å². The highest BCUT2D eigenvalue weighted by Gasteiger charge is 1.99. The highest BCUT2D eigenvalue weighted by Crippen LogP contribution is 2.10. The molecule has 0 radical (unpaired) electrons. The molecule has 2 rings (SSSR count). The molecule has 2 aromatic heterocycles. The standard InChI is InChI=1S/C8H10N4S2/c1-6-12-7(4-13-6)2-3-9-8-10-5-11-14-8/h4-5H,2-3H2,1H3,(H,9,10,11). The SMILES string of the molecule is Cc1nc(CCNc2ncns2)cs1. The Labute approximate surface area is 90.2 Å². The molecule has 2 aromatic rings. The summed E-state index contributed by atoms with van der Waals surface area (Å²) in [6.07, 6.45) is 2.49. The van der Waals surface area contributed by atoms with E-state index in [-0.39, 0.29) is 0 Å². The van der Waals surface area contributed by atoms with Crippen molar-refractivity contribution in [3.8, 4) is 0 Å². The summed E-state index contributed by atoms with van der Waals surface area (Å²) < 4.78 is 3.91. The lowest BCUT2D eigenvalue weighted by molar-refractivity contribution is 0.966. The molecule has 2 heterocycles. The van der Waals surface area contributed by atoms with E-state index in [1.165, 1.54) is 11.5 Å². The lowest BCUT2D eigenvalue weighted by Crippen LogP contribution is -2.04. The normalized spacial score (nSPS) is 10.4. The molecule has 0 unspecified atom stereocenters. The molecule has 4 nitrogen and oxygen atoms in total. The minimum Gasteiger partial charge on any atom is -0.360 e. The van der Waals surface area contributed by atoms with E-state index in [0.717, 1.165) is 28.8 Å². The van der Waals surface area contributed by atoms with Crippen LogP contribution in [0.3, 0.4) is 0 Å². The van der Waals surface area contributed by atoms with Gasteiger partial charge in [0.15, 0.2) is 0 Å². The smallest absolute Gasteiger partial charge is 0.202 e. The predicted octanol–water partition coefficient (Wildman–Crippen LogP) is 1.96. The van der Waals surface area contributed by atoms with E-state index in [9.17, 15) is 0 Å². The van der Waals surface area contributed by atoms with Crippen LogP contribution in [-0.4, -0.2) is 20.9 Å². The summed E-state index contributed by atoms with van der Waals surface area (Å²) in [5.41, 5.74) is 1.14. The van der Waals surface area contributed by atoms with Crippen LogP contribution in [0.25, 0.3) is 0 Å². The Hall–Kier alpha value is -1.01. The first-order chi connectivity index (χ1) is 6.84. The van der Waals surface area contributed by atoms with Gasteiger partial charge in [0.1, 0.15) is 6.33 Å². The molecule has 6 heteroatoms. The van der Waals surface area contributed by atoms with Crippen molar-refractivity contribution < 1.29 is 0 Å². The van der Waals surface area contributed by atoms with E-state index < -0.39 is 0 Å². The fraction of sp³-hybridized carbons (Fsp3) is 0.375. The van der Waals surface area contributed by atoms with Crippen LogP contribution in [0.5, 0.6) is 0 Å². The fourth-order valence-electron chi connectivity index (χ4n) is 1.07. The molecule has 1 N–H and O–H groups in total. The molecule has 0 saturated carbocycles. The van der Waals surface area contributed by atoms with E-state index in [4.69, 9.17) is 0 Å². The fourth-order valence-corrected chi connectivity index (χ4v) is 2.17. The zero-order chi connectivity index (χ0) is 9.80. The van der Waals surface area contributed by atoms with Crippen molar-refractivity contribution in [1.29, 1.82) is 0 Å². The minimum absolute atomic E-state index is 0.859. The number of nitrogens with one attached hydrogen (secondary N) is 1. The van der Waals surface area contributed by atoms with Gasteiger partial charge < -0.3 is 5.32 Å². The molecular formula is C8H10N4S2. The number of hydrogen-bond donors (Lipinski definition) is 1. The second-order valence-electron chi connectivity index (χ2n) is 2.78. The highest BCUT2D eigenvalue weighted by molar-refractivity contribution is 7.09. The van der Waals surface area contributed by atoms with Crippen molar-refractivity contribution in [2.75, 3.05) is 11.9 Å². The molecule has 0 fully saturated rings. The quantitative estimate of drug-likeness (QED) is 0.866. The van der Waals surface area contributed by atoms with Gasteiger partial charge in [-0.25, -0.2) is 9.97 Å². The molecule has 74 valence electrons. The lowest BCUT2D eigenvalue weighted by Gasteiger charge is -1.98. The van der Waals surface area contributed by atoms with Crippen LogP contribution in [0.4, 0.5) is 5.13 Å². The molecule has 0 amide bonds. The molecule has 0 atom stereocenters. The first-order valence-electron chi connectivity index (χ1n) is 4.26. The molecule has 0 aliphatic carbocycles. The first kappa shape index (κ1) is 9.54. The number of rotatable bonds is 4. The average Bonchev–Trinajstić information content (AvgIpc) is 2.77. The molecule has 0 aliphatic rings. The second-order valence-corrected chi connectivity index (χ2v) is 4.62. The van der Waals surface area contributed by atoms with Crippen molar-refractivity contribution >= 4 is 28.0 Å². The summed E-state index contributed by atoms with van der Waals surface area (Å²) in [5.74, 6) is 0. The summed E-state index contributed by atoms with van der Waals surface area (Å²) >= 11 is 3.06. The average molecular weight is 226 g/mol. The Morgan fingerprint density at radius 2 is 2.43 bits per heavy atom. The maximum Gasteiger partial charge on any atom is 0.202 e. The number of thiazole rings is 1. The summed E-state index contributed by atoms with van der Waals surface area (Å²) in [7, 11) is 0. The van der Waals surface area contributed by atoms with E-state index in [2.05, 4.69) is 25.0 Å². The van der Waals surface area contributed by atoms with Crippen molar-refractivity contribution in [2.24, 2.45) is 0 Å². The Morgan fingerprint density at radius 3 is 3.07 bits per heavy atom. The molecule has 0 spiro atoms.